The summed E-state index contributed by atoms with van der Waals surface area (Å²) in [5.41, 5.74) is 0.418. The molecule has 0 radical (unpaired) electrons. The predicted octanol–water partition coefficient (Wildman–Crippen LogP) is 2.93. The molecule has 0 amide bonds. The maximum absolute atomic E-state index is 11.4. The lowest BCUT2D eigenvalue weighted by Gasteiger charge is -2.09. The molecule has 0 fully saturated rings. The summed E-state index contributed by atoms with van der Waals surface area (Å²) in [5.74, 6) is 0.0712. The van der Waals surface area contributed by atoms with Gasteiger partial charge in [0.25, 0.3) is 0 Å². The van der Waals surface area contributed by atoms with Crippen LogP contribution in [0.4, 0.5) is 0 Å². The van der Waals surface area contributed by atoms with E-state index in [-0.39, 0.29) is 0 Å². The molecule has 0 saturated heterocycles. The summed E-state index contributed by atoms with van der Waals surface area (Å²) >= 11 is 5.98. The molecule has 0 heterocycles. The van der Waals surface area contributed by atoms with E-state index in [0.29, 0.717) is 36.2 Å². The molecule has 0 aliphatic heterocycles. The van der Waals surface area contributed by atoms with E-state index in [0.717, 1.165) is 6.42 Å². The zero-order chi connectivity index (χ0) is 13.4. The average molecular weight is 273 g/mol. The Morgan fingerprint density at radius 3 is 2.78 bits per heavy atom. The number of methoxy groups -OCH3 is 1. The van der Waals surface area contributed by atoms with Crippen molar-refractivity contribution >= 4 is 17.6 Å². The highest BCUT2D eigenvalue weighted by molar-refractivity contribution is 6.32. The largest absolute Gasteiger partial charge is 0.492 e. The summed E-state index contributed by atoms with van der Waals surface area (Å²) in [6, 6.07) is 4.79. The topological polar surface area (TPSA) is 44.8 Å². The van der Waals surface area contributed by atoms with Crippen molar-refractivity contribution in [2.45, 2.75) is 13.3 Å². The van der Waals surface area contributed by atoms with Crippen molar-refractivity contribution < 1.29 is 19.0 Å². The molecule has 100 valence electrons. The van der Waals surface area contributed by atoms with Crippen molar-refractivity contribution in [2.24, 2.45) is 0 Å². The van der Waals surface area contributed by atoms with Crippen LogP contribution in [-0.4, -0.2) is 32.9 Å². The van der Waals surface area contributed by atoms with Gasteiger partial charge in [-0.2, -0.15) is 0 Å². The van der Waals surface area contributed by atoms with Gasteiger partial charge < -0.3 is 14.2 Å². The maximum Gasteiger partial charge on any atom is 0.337 e. The normalized spacial score (nSPS) is 10.2. The molecule has 1 rings (SSSR count). The lowest BCUT2D eigenvalue weighted by Crippen LogP contribution is -2.05. The number of ether oxygens (including phenoxy) is 3. The van der Waals surface area contributed by atoms with Crippen molar-refractivity contribution in [3.05, 3.63) is 28.8 Å². The Hall–Kier alpha value is -1.26. The second kappa shape index (κ2) is 7.95. The third-order valence-corrected chi connectivity index (χ3v) is 2.56. The first kappa shape index (κ1) is 14.8. The van der Waals surface area contributed by atoms with Crippen molar-refractivity contribution in [3.8, 4) is 5.75 Å². The number of carbonyl (C=O) groups excluding carboxylic acids is 1. The number of rotatable bonds is 7. The minimum atomic E-state index is -0.411. The second-order valence-corrected chi connectivity index (χ2v) is 3.94. The standard InChI is InChI=1S/C13H17ClO4/c1-3-17-7-4-8-18-12-9-10(13(15)16-2)5-6-11(12)14/h5-6,9H,3-4,7-8H2,1-2H3. The fourth-order valence-electron chi connectivity index (χ4n) is 1.35. The highest BCUT2D eigenvalue weighted by Gasteiger charge is 2.09. The van der Waals surface area contributed by atoms with Crippen LogP contribution < -0.4 is 4.74 Å². The van der Waals surface area contributed by atoms with Gasteiger partial charge in [0.1, 0.15) is 5.75 Å². The smallest absolute Gasteiger partial charge is 0.337 e. The molecule has 4 nitrogen and oxygen atoms in total. The highest BCUT2D eigenvalue weighted by Crippen LogP contribution is 2.25. The van der Waals surface area contributed by atoms with Crippen molar-refractivity contribution in [3.63, 3.8) is 0 Å². The molecule has 1 aromatic carbocycles. The van der Waals surface area contributed by atoms with Gasteiger partial charge >= 0.3 is 5.97 Å². The van der Waals surface area contributed by atoms with E-state index in [2.05, 4.69) is 4.74 Å². The molecule has 0 aliphatic carbocycles. The number of carbonyl (C=O) groups is 1. The quantitative estimate of drug-likeness (QED) is 0.565. The predicted molar refractivity (Wildman–Crippen MR) is 69.4 cm³/mol. The first-order valence-electron chi connectivity index (χ1n) is 5.77. The van der Waals surface area contributed by atoms with Gasteiger partial charge in [0, 0.05) is 19.6 Å². The number of benzene rings is 1. The zero-order valence-corrected chi connectivity index (χ0v) is 11.3. The van der Waals surface area contributed by atoms with Gasteiger partial charge in [0.05, 0.1) is 24.3 Å². The van der Waals surface area contributed by atoms with Crippen LogP contribution in [0.2, 0.25) is 5.02 Å². The highest BCUT2D eigenvalue weighted by atomic mass is 35.5. The molecule has 0 aliphatic rings. The van der Waals surface area contributed by atoms with E-state index in [1.807, 2.05) is 6.92 Å². The van der Waals surface area contributed by atoms with Gasteiger partial charge in [-0.25, -0.2) is 4.79 Å². The number of esters is 1. The van der Waals surface area contributed by atoms with Crippen LogP contribution in [0.3, 0.4) is 0 Å². The minimum absolute atomic E-state index is 0.411. The Morgan fingerprint density at radius 2 is 2.11 bits per heavy atom. The first-order chi connectivity index (χ1) is 8.69. The van der Waals surface area contributed by atoms with E-state index in [1.165, 1.54) is 7.11 Å². The van der Waals surface area contributed by atoms with Crippen molar-refractivity contribution in [1.29, 1.82) is 0 Å². The minimum Gasteiger partial charge on any atom is -0.492 e. The fourth-order valence-corrected chi connectivity index (χ4v) is 1.52. The van der Waals surface area contributed by atoms with E-state index < -0.39 is 5.97 Å². The van der Waals surface area contributed by atoms with E-state index in [9.17, 15) is 4.79 Å². The van der Waals surface area contributed by atoms with Crippen molar-refractivity contribution in [1.82, 2.24) is 0 Å². The first-order valence-corrected chi connectivity index (χ1v) is 6.15. The summed E-state index contributed by atoms with van der Waals surface area (Å²) in [4.78, 5) is 11.4. The Kier molecular flexibility index (Phi) is 6.54. The molecule has 0 unspecified atom stereocenters. The van der Waals surface area contributed by atoms with E-state index in [4.69, 9.17) is 21.1 Å². The van der Waals surface area contributed by atoms with Gasteiger partial charge in [-0.3, -0.25) is 0 Å². The summed E-state index contributed by atoms with van der Waals surface area (Å²) in [6.07, 6.45) is 0.770. The second-order valence-electron chi connectivity index (χ2n) is 3.54. The molecular weight excluding hydrogens is 256 g/mol. The van der Waals surface area contributed by atoms with Crippen molar-refractivity contribution in [2.75, 3.05) is 26.9 Å². The van der Waals surface area contributed by atoms with Gasteiger partial charge in [-0.1, -0.05) is 11.6 Å². The molecule has 0 bridgehead atoms. The van der Waals surface area contributed by atoms with Gasteiger partial charge in [-0.05, 0) is 25.1 Å². The number of halogens is 1. The molecule has 0 N–H and O–H groups in total. The lowest BCUT2D eigenvalue weighted by molar-refractivity contribution is 0.0600. The third kappa shape index (κ3) is 4.55. The van der Waals surface area contributed by atoms with E-state index in [1.54, 1.807) is 18.2 Å². The Balaban J connectivity index is 2.56. The Labute approximate surface area is 112 Å². The van der Waals surface area contributed by atoms with Crippen LogP contribution in [0, 0.1) is 0 Å². The molecule has 5 heteroatoms. The van der Waals surface area contributed by atoms with Crippen LogP contribution in [-0.2, 0) is 9.47 Å². The van der Waals surface area contributed by atoms with Crippen LogP contribution >= 0.6 is 11.6 Å². The van der Waals surface area contributed by atoms with Crippen LogP contribution in [0.5, 0.6) is 5.75 Å². The average Bonchev–Trinajstić information content (AvgIpc) is 2.39. The maximum atomic E-state index is 11.4. The van der Waals surface area contributed by atoms with Gasteiger partial charge in [0.15, 0.2) is 0 Å². The summed E-state index contributed by atoms with van der Waals surface area (Å²) in [7, 11) is 1.33. The fraction of sp³-hybridized carbons (Fsp3) is 0.462. The molecular formula is C13H17ClO4. The molecule has 0 spiro atoms. The summed E-state index contributed by atoms with van der Waals surface area (Å²) < 4.78 is 15.3. The SMILES string of the molecule is CCOCCCOc1cc(C(=O)OC)ccc1Cl. The zero-order valence-electron chi connectivity index (χ0n) is 10.6. The molecule has 0 saturated carbocycles. The summed E-state index contributed by atoms with van der Waals surface area (Å²) in [6.45, 7) is 3.77. The Bertz CT molecular complexity index is 393. The monoisotopic (exact) mass is 272 g/mol. The van der Waals surface area contributed by atoms with E-state index >= 15 is 0 Å². The molecule has 18 heavy (non-hydrogen) atoms. The Morgan fingerprint density at radius 1 is 1.33 bits per heavy atom. The van der Waals surface area contributed by atoms with Crippen LogP contribution in [0.25, 0.3) is 0 Å². The van der Waals surface area contributed by atoms with Gasteiger partial charge in [0.2, 0.25) is 0 Å². The third-order valence-electron chi connectivity index (χ3n) is 2.25. The molecule has 0 atom stereocenters. The van der Waals surface area contributed by atoms with Crippen LogP contribution in [0.15, 0.2) is 18.2 Å². The number of hydrogen-bond acceptors (Lipinski definition) is 4. The summed E-state index contributed by atoms with van der Waals surface area (Å²) in [5, 5.41) is 0.471. The van der Waals surface area contributed by atoms with Gasteiger partial charge in [-0.15, -0.1) is 0 Å². The molecule has 0 aromatic heterocycles. The number of hydrogen-bond donors (Lipinski definition) is 0. The van der Waals surface area contributed by atoms with Crippen LogP contribution in [0.1, 0.15) is 23.7 Å². The molecule has 1 aromatic rings. The lowest BCUT2D eigenvalue weighted by atomic mass is 10.2.